The van der Waals surface area contributed by atoms with Crippen LogP contribution in [0.15, 0.2) is 30.3 Å². The quantitative estimate of drug-likeness (QED) is 0.717. The van der Waals surface area contributed by atoms with Gasteiger partial charge in [-0.15, -0.1) is 0 Å². The number of rotatable bonds is 1. The SMILES string of the molecule is [2H]c1ccc(O)c2nc(C(=O)O)ccc12. The molecule has 1 heterocycles. The summed E-state index contributed by atoms with van der Waals surface area (Å²) in [6.07, 6.45) is 0. The summed E-state index contributed by atoms with van der Waals surface area (Å²) in [5.74, 6) is -1.28. The maximum absolute atomic E-state index is 10.6. The molecule has 4 heteroatoms. The molecule has 70 valence electrons. The number of benzene rings is 1. The molecule has 0 aliphatic heterocycles. The number of fused-ring (bicyclic) bond motifs is 1. The average molecular weight is 190 g/mol. The molecule has 2 N–H and O–H groups in total. The van der Waals surface area contributed by atoms with Crippen molar-refractivity contribution in [1.82, 2.24) is 4.98 Å². The molecule has 0 amide bonds. The summed E-state index contributed by atoms with van der Waals surface area (Å²) in [4.78, 5) is 14.4. The Labute approximate surface area is 80.9 Å². The van der Waals surface area contributed by atoms with E-state index in [4.69, 9.17) is 6.48 Å². The topological polar surface area (TPSA) is 70.4 Å². The van der Waals surface area contributed by atoms with Crippen LogP contribution < -0.4 is 0 Å². The number of phenols is 1. The van der Waals surface area contributed by atoms with Crippen LogP contribution in [0, 0.1) is 0 Å². The molecule has 1 aromatic carbocycles. The van der Waals surface area contributed by atoms with E-state index in [9.17, 15) is 9.90 Å². The molecule has 0 unspecified atom stereocenters. The number of aromatic hydroxyl groups is 1. The summed E-state index contributed by atoms with van der Waals surface area (Å²) in [5, 5.41) is 18.6. The molecule has 2 aromatic rings. The summed E-state index contributed by atoms with van der Waals surface area (Å²) in [5.41, 5.74) is -0.00852. The van der Waals surface area contributed by atoms with Crippen molar-refractivity contribution in [2.24, 2.45) is 0 Å². The molecule has 2 rings (SSSR count). The van der Waals surface area contributed by atoms with Crippen molar-refractivity contribution in [2.45, 2.75) is 0 Å². The molecule has 0 fully saturated rings. The van der Waals surface area contributed by atoms with Crippen molar-refractivity contribution in [2.75, 3.05) is 0 Å². The number of pyridine rings is 1. The van der Waals surface area contributed by atoms with Gasteiger partial charge in [0.25, 0.3) is 0 Å². The molecule has 14 heavy (non-hydrogen) atoms. The normalized spacial score (nSPS) is 11.3. The zero-order valence-electron chi connectivity index (χ0n) is 8.06. The molecule has 1 aromatic heterocycles. The van der Waals surface area contributed by atoms with Crippen molar-refractivity contribution >= 4 is 16.9 Å². The van der Waals surface area contributed by atoms with Crippen molar-refractivity contribution in [1.29, 1.82) is 0 Å². The van der Waals surface area contributed by atoms with Gasteiger partial charge >= 0.3 is 5.97 Å². The van der Waals surface area contributed by atoms with Gasteiger partial charge in [-0.2, -0.15) is 0 Å². The third kappa shape index (κ3) is 1.26. The minimum absolute atomic E-state index is 0.121. The minimum Gasteiger partial charge on any atom is -0.506 e. The van der Waals surface area contributed by atoms with Crippen LogP contribution in [0.1, 0.15) is 11.9 Å². The minimum atomic E-state index is -1.16. The maximum Gasteiger partial charge on any atom is 0.354 e. The molecule has 4 nitrogen and oxygen atoms in total. The largest absolute Gasteiger partial charge is 0.506 e. The molecule has 0 radical (unpaired) electrons. The Morgan fingerprint density at radius 2 is 2.21 bits per heavy atom. The zero-order chi connectivity index (χ0) is 11.0. The summed E-state index contributed by atoms with van der Waals surface area (Å²) < 4.78 is 7.54. The first-order valence-corrected chi connectivity index (χ1v) is 3.92. The Bertz CT molecular complexity index is 554. The molecule has 0 aliphatic rings. The third-order valence-electron chi connectivity index (χ3n) is 1.84. The Morgan fingerprint density at radius 3 is 2.93 bits per heavy atom. The van der Waals surface area contributed by atoms with Gasteiger partial charge in [0.05, 0.1) is 1.37 Å². The predicted molar refractivity (Wildman–Crippen MR) is 50.4 cm³/mol. The van der Waals surface area contributed by atoms with Gasteiger partial charge in [-0.25, -0.2) is 9.78 Å². The van der Waals surface area contributed by atoms with Gasteiger partial charge in [-0.1, -0.05) is 18.2 Å². The lowest BCUT2D eigenvalue weighted by atomic mass is 10.2. The highest BCUT2D eigenvalue weighted by atomic mass is 16.4. The first kappa shape index (κ1) is 7.32. The number of phenolic OH excluding ortho intramolecular Hbond substituents is 1. The number of carboxylic acid groups (broad SMARTS) is 1. The standard InChI is InChI=1S/C10H7NO3/c12-8-3-1-2-6-4-5-7(10(13)14)11-9(6)8/h1-5,12H,(H,13,14)/i2D. The third-order valence-corrected chi connectivity index (χ3v) is 1.84. The van der Waals surface area contributed by atoms with E-state index in [-0.39, 0.29) is 23.0 Å². The Hall–Kier alpha value is -2.10. The lowest BCUT2D eigenvalue weighted by Crippen LogP contribution is -1.99. The second kappa shape index (κ2) is 2.99. The number of aromatic nitrogens is 1. The van der Waals surface area contributed by atoms with Crippen LogP contribution in [0.4, 0.5) is 0 Å². The van der Waals surface area contributed by atoms with Crippen LogP contribution in [0.25, 0.3) is 10.9 Å². The second-order valence-electron chi connectivity index (χ2n) is 2.76. The number of carboxylic acids is 1. The predicted octanol–water partition coefficient (Wildman–Crippen LogP) is 1.64. The van der Waals surface area contributed by atoms with E-state index in [1.807, 2.05) is 0 Å². The zero-order valence-corrected chi connectivity index (χ0v) is 7.06. The van der Waals surface area contributed by atoms with Gasteiger partial charge in [-0.3, -0.25) is 0 Å². The number of aromatic carboxylic acids is 1. The van der Waals surface area contributed by atoms with Gasteiger partial charge in [0.15, 0.2) is 0 Å². The number of hydrogen-bond donors (Lipinski definition) is 2. The van der Waals surface area contributed by atoms with Crippen LogP contribution >= 0.6 is 0 Å². The number of carbonyl (C=O) groups is 1. The maximum atomic E-state index is 10.6. The average Bonchev–Trinajstić information content (AvgIpc) is 2.23. The Kier molecular flexibility index (Phi) is 1.56. The van der Waals surface area contributed by atoms with E-state index >= 15 is 0 Å². The molecule has 0 atom stereocenters. The molecular weight excluding hydrogens is 182 g/mol. The fourth-order valence-electron chi connectivity index (χ4n) is 1.18. The summed E-state index contributed by atoms with van der Waals surface area (Å²) in [6, 6.07) is 5.73. The molecule has 0 saturated heterocycles. The highest BCUT2D eigenvalue weighted by molar-refractivity contribution is 5.91. The van der Waals surface area contributed by atoms with Gasteiger partial charge in [-0.05, 0) is 12.1 Å². The first-order valence-electron chi connectivity index (χ1n) is 4.42. The monoisotopic (exact) mass is 190 g/mol. The molecular formula is C10H7NO3. The highest BCUT2D eigenvalue weighted by Gasteiger charge is 2.07. The fourth-order valence-corrected chi connectivity index (χ4v) is 1.18. The van der Waals surface area contributed by atoms with Gasteiger partial charge < -0.3 is 10.2 Å². The van der Waals surface area contributed by atoms with Crippen molar-refractivity contribution in [3.05, 3.63) is 36.0 Å². The van der Waals surface area contributed by atoms with Crippen molar-refractivity contribution in [3.8, 4) is 5.75 Å². The van der Waals surface area contributed by atoms with E-state index in [1.54, 1.807) is 0 Å². The van der Waals surface area contributed by atoms with E-state index in [2.05, 4.69) is 4.98 Å². The van der Waals surface area contributed by atoms with E-state index in [0.29, 0.717) is 5.39 Å². The Balaban J connectivity index is 2.81. The molecule has 0 spiro atoms. The fraction of sp³-hybridized carbons (Fsp3) is 0. The van der Waals surface area contributed by atoms with Crippen LogP contribution in [-0.2, 0) is 0 Å². The van der Waals surface area contributed by atoms with Gasteiger partial charge in [0, 0.05) is 5.39 Å². The molecule has 0 bridgehead atoms. The number of hydrogen-bond acceptors (Lipinski definition) is 3. The molecule has 0 aliphatic carbocycles. The lowest BCUT2D eigenvalue weighted by molar-refractivity contribution is 0.0691. The van der Waals surface area contributed by atoms with E-state index in [0.717, 1.165) is 0 Å². The first-order chi connectivity index (χ1) is 7.09. The van der Waals surface area contributed by atoms with Crippen LogP contribution in [0.3, 0.4) is 0 Å². The van der Waals surface area contributed by atoms with E-state index in [1.165, 1.54) is 24.3 Å². The van der Waals surface area contributed by atoms with Crippen LogP contribution in [-0.4, -0.2) is 21.2 Å². The van der Waals surface area contributed by atoms with Crippen molar-refractivity contribution < 1.29 is 16.4 Å². The summed E-state index contributed by atoms with van der Waals surface area (Å²) in [6.45, 7) is 0. The Morgan fingerprint density at radius 1 is 1.43 bits per heavy atom. The summed E-state index contributed by atoms with van der Waals surface area (Å²) in [7, 11) is 0. The van der Waals surface area contributed by atoms with Gasteiger partial charge in [0.1, 0.15) is 17.0 Å². The molecule has 0 saturated carbocycles. The van der Waals surface area contributed by atoms with E-state index < -0.39 is 5.97 Å². The highest BCUT2D eigenvalue weighted by Crippen LogP contribution is 2.22. The van der Waals surface area contributed by atoms with Crippen molar-refractivity contribution in [3.63, 3.8) is 0 Å². The van der Waals surface area contributed by atoms with Gasteiger partial charge in [0.2, 0.25) is 0 Å². The summed E-state index contributed by atoms with van der Waals surface area (Å²) >= 11 is 0. The smallest absolute Gasteiger partial charge is 0.354 e. The number of para-hydroxylation sites is 1. The van der Waals surface area contributed by atoms with Crippen LogP contribution in [0.2, 0.25) is 0 Å². The lowest BCUT2D eigenvalue weighted by Gasteiger charge is -2.00. The second-order valence-corrected chi connectivity index (χ2v) is 2.76. The van der Waals surface area contributed by atoms with Crippen LogP contribution in [0.5, 0.6) is 5.75 Å². The number of nitrogens with zero attached hydrogens (tertiary/aromatic N) is 1.